The van der Waals surface area contributed by atoms with E-state index in [2.05, 4.69) is 23.5 Å². The Bertz CT molecular complexity index is 366. The number of carboxylic acid groups (broad SMARTS) is 1. The van der Waals surface area contributed by atoms with Gasteiger partial charge in [-0.2, -0.15) is 11.8 Å². The molecule has 1 aromatic rings. The molecule has 0 aliphatic carbocycles. The minimum Gasteiger partial charge on any atom is -0.476 e. The van der Waals surface area contributed by atoms with Crippen LogP contribution in [0.5, 0.6) is 0 Å². The first kappa shape index (κ1) is 13.3. The first-order valence-electron chi connectivity index (χ1n) is 5.00. The summed E-state index contributed by atoms with van der Waals surface area (Å²) in [7, 11) is 0. The zero-order valence-corrected chi connectivity index (χ0v) is 11.2. The van der Waals surface area contributed by atoms with Crippen LogP contribution in [0.4, 0.5) is 5.13 Å². The molecule has 0 bridgehead atoms. The van der Waals surface area contributed by atoms with Crippen molar-refractivity contribution in [2.45, 2.75) is 26.3 Å². The van der Waals surface area contributed by atoms with Crippen molar-refractivity contribution in [2.75, 3.05) is 17.3 Å². The van der Waals surface area contributed by atoms with Gasteiger partial charge in [0.2, 0.25) is 0 Å². The standard InChI is InChI=1S/C10H16N2O2S2/c1-6(4-5-15-3)11-10-12-8(9(13)14)7(2)16-10/h6H,4-5H2,1-3H3,(H,11,12)(H,13,14). The maximum atomic E-state index is 10.8. The van der Waals surface area contributed by atoms with E-state index in [1.807, 2.05) is 0 Å². The molecule has 0 fully saturated rings. The summed E-state index contributed by atoms with van der Waals surface area (Å²) in [5, 5.41) is 12.8. The molecule has 1 heterocycles. The van der Waals surface area contributed by atoms with Gasteiger partial charge in [-0.3, -0.25) is 0 Å². The number of thiazole rings is 1. The molecule has 1 atom stereocenters. The summed E-state index contributed by atoms with van der Waals surface area (Å²) in [6.07, 6.45) is 3.12. The molecular formula is C10H16N2O2S2. The van der Waals surface area contributed by atoms with E-state index in [9.17, 15) is 4.79 Å². The Hall–Kier alpha value is -0.750. The summed E-state index contributed by atoms with van der Waals surface area (Å²) < 4.78 is 0. The van der Waals surface area contributed by atoms with Crippen molar-refractivity contribution in [2.24, 2.45) is 0 Å². The molecule has 1 unspecified atom stereocenters. The molecule has 0 radical (unpaired) electrons. The van der Waals surface area contributed by atoms with Crippen LogP contribution in [0, 0.1) is 6.92 Å². The van der Waals surface area contributed by atoms with E-state index < -0.39 is 5.97 Å². The number of thioether (sulfide) groups is 1. The van der Waals surface area contributed by atoms with Gasteiger partial charge in [-0.25, -0.2) is 9.78 Å². The molecular weight excluding hydrogens is 244 g/mol. The molecule has 0 aliphatic heterocycles. The predicted molar refractivity (Wildman–Crippen MR) is 69.9 cm³/mol. The number of carboxylic acids is 1. The second-order valence-corrected chi connectivity index (χ2v) is 5.74. The van der Waals surface area contributed by atoms with Gasteiger partial charge in [0.05, 0.1) is 0 Å². The van der Waals surface area contributed by atoms with Crippen molar-refractivity contribution in [1.82, 2.24) is 4.98 Å². The van der Waals surface area contributed by atoms with Crippen molar-refractivity contribution in [1.29, 1.82) is 0 Å². The Labute approximate surface area is 103 Å². The van der Waals surface area contributed by atoms with Crippen LogP contribution < -0.4 is 5.32 Å². The number of carbonyl (C=O) groups is 1. The van der Waals surface area contributed by atoms with Gasteiger partial charge in [-0.1, -0.05) is 0 Å². The van der Waals surface area contributed by atoms with Crippen molar-refractivity contribution < 1.29 is 9.90 Å². The lowest BCUT2D eigenvalue weighted by Gasteiger charge is -2.11. The minimum absolute atomic E-state index is 0.157. The second kappa shape index (κ2) is 6.10. The van der Waals surface area contributed by atoms with E-state index in [0.717, 1.165) is 17.1 Å². The van der Waals surface area contributed by atoms with Crippen molar-refractivity contribution in [3.8, 4) is 0 Å². The third kappa shape index (κ3) is 3.68. The lowest BCUT2D eigenvalue weighted by atomic mass is 10.3. The van der Waals surface area contributed by atoms with Gasteiger partial charge in [0.1, 0.15) is 0 Å². The van der Waals surface area contributed by atoms with Crippen LogP contribution in [0.25, 0.3) is 0 Å². The van der Waals surface area contributed by atoms with Gasteiger partial charge in [0.15, 0.2) is 10.8 Å². The number of anilines is 1. The molecule has 0 saturated heterocycles. The van der Waals surface area contributed by atoms with Gasteiger partial charge in [-0.15, -0.1) is 11.3 Å². The van der Waals surface area contributed by atoms with E-state index in [-0.39, 0.29) is 5.69 Å². The van der Waals surface area contributed by atoms with Gasteiger partial charge >= 0.3 is 5.97 Å². The Kier molecular flexibility index (Phi) is 5.08. The molecule has 1 rings (SSSR count). The number of nitrogens with one attached hydrogen (secondary N) is 1. The molecule has 4 nitrogen and oxygen atoms in total. The zero-order valence-electron chi connectivity index (χ0n) is 9.61. The Morgan fingerprint density at radius 1 is 1.69 bits per heavy atom. The number of hydrogen-bond acceptors (Lipinski definition) is 5. The molecule has 0 aromatic carbocycles. The Morgan fingerprint density at radius 3 is 2.88 bits per heavy atom. The van der Waals surface area contributed by atoms with Gasteiger partial charge in [0, 0.05) is 10.9 Å². The summed E-state index contributed by atoms with van der Waals surface area (Å²) in [6.45, 7) is 3.85. The lowest BCUT2D eigenvalue weighted by Crippen LogP contribution is -2.15. The van der Waals surface area contributed by atoms with Gasteiger partial charge < -0.3 is 10.4 Å². The summed E-state index contributed by atoms with van der Waals surface area (Å²) in [4.78, 5) is 15.6. The fraction of sp³-hybridized carbons (Fsp3) is 0.600. The molecule has 6 heteroatoms. The molecule has 0 amide bonds. The average Bonchev–Trinajstić information content (AvgIpc) is 2.56. The average molecular weight is 260 g/mol. The largest absolute Gasteiger partial charge is 0.476 e. The summed E-state index contributed by atoms with van der Waals surface area (Å²) >= 11 is 3.20. The molecule has 16 heavy (non-hydrogen) atoms. The highest BCUT2D eigenvalue weighted by molar-refractivity contribution is 7.98. The monoisotopic (exact) mass is 260 g/mol. The van der Waals surface area contributed by atoms with E-state index in [1.54, 1.807) is 18.7 Å². The molecule has 2 N–H and O–H groups in total. The van der Waals surface area contributed by atoms with Crippen LogP contribution in [-0.2, 0) is 0 Å². The van der Waals surface area contributed by atoms with E-state index in [1.165, 1.54) is 11.3 Å². The van der Waals surface area contributed by atoms with Crippen molar-refractivity contribution >= 4 is 34.2 Å². The Balaban J connectivity index is 2.60. The molecule has 0 saturated carbocycles. The SMILES string of the molecule is CSCCC(C)Nc1nc(C(=O)O)c(C)s1. The second-order valence-electron chi connectivity index (χ2n) is 3.56. The molecule has 0 aliphatic rings. The smallest absolute Gasteiger partial charge is 0.355 e. The Morgan fingerprint density at radius 2 is 2.38 bits per heavy atom. The molecule has 1 aromatic heterocycles. The van der Waals surface area contributed by atoms with E-state index in [4.69, 9.17) is 5.11 Å². The summed E-state index contributed by atoms with van der Waals surface area (Å²) in [6, 6.07) is 0.319. The minimum atomic E-state index is -0.960. The van der Waals surface area contributed by atoms with Crippen LogP contribution >= 0.6 is 23.1 Å². The van der Waals surface area contributed by atoms with Crippen LogP contribution in [0.1, 0.15) is 28.7 Å². The fourth-order valence-corrected chi connectivity index (χ4v) is 2.74. The van der Waals surface area contributed by atoms with Crippen LogP contribution in [0.2, 0.25) is 0 Å². The van der Waals surface area contributed by atoms with Crippen molar-refractivity contribution in [3.05, 3.63) is 10.6 Å². The first-order valence-corrected chi connectivity index (χ1v) is 7.21. The summed E-state index contributed by atoms with van der Waals surface area (Å²) in [5.41, 5.74) is 0.157. The van der Waals surface area contributed by atoms with E-state index in [0.29, 0.717) is 11.2 Å². The van der Waals surface area contributed by atoms with Crippen LogP contribution in [0.15, 0.2) is 0 Å². The zero-order chi connectivity index (χ0) is 12.1. The molecule has 0 spiro atoms. The third-order valence-corrected chi connectivity index (χ3v) is 3.67. The number of aromatic carboxylic acids is 1. The predicted octanol–water partition coefficient (Wildman–Crippen LogP) is 2.70. The lowest BCUT2D eigenvalue weighted by molar-refractivity contribution is 0.0690. The number of aryl methyl sites for hydroxylation is 1. The number of aromatic nitrogens is 1. The van der Waals surface area contributed by atoms with Gasteiger partial charge in [0.25, 0.3) is 0 Å². The van der Waals surface area contributed by atoms with Gasteiger partial charge in [-0.05, 0) is 32.3 Å². The van der Waals surface area contributed by atoms with Crippen molar-refractivity contribution in [3.63, 3.8) is 0 Å². The summed E-state index contributed by atoms with van der Waals surface area (Å²) in [5.74, 6) is 0.128. The number of hydrogen-bond donors (Lipinski definition) is 2. The quantitative estimate of drug-likeness (QED) is 0.823. The highest BCUT2D eigenvalue weighted by atomic mass is 32.2. The number of rotatable bonds is 6. The van der Waals surface area contributed by atoms with E-state index >= 15 is 0 Å². The fourth-order valence-electron chi connectivity index (χ4n) is 1.23. The highest BCUT2D eigenvalue weighted by Crippen LogP contribution is 2.23. The third-order valence-electron chi connectivity index (χ3n) is 2.12. The molecule has 90 valence electrons. The topological polar surface area (TPSA) is 62.2 Å². The maximum Gasteiger partial charge on any atom is 0.355 e. The maximum absolute atomic E-state index is 10.8. The van der Waals surface area contributed by atoms with Crippen LogP contribution in [-0.4, -0.2) is 34.1 Å². The highest BCUT2D eigenvalue weighted by Gasteiger charge is 2.14. The number of nitrogens with zero attached hydrogens (tertiary/aromatic N) is 1. The normalized spacial score (nSPS) is 12.4. The van der Waals surface area contributed by atoms with Crippen LogP contribution in [0.3, 0.4) is 0 Å². The first-order chi connectivity index (χ1) is 7.54.